The first-order valence-corrected chi connectivity index (χ1v) is 21.0. The van der Waals surface area contributed by atoms with E-state index in [1.165, 1.54) is 89.5 Å². The summed E-state index contributed by atoms with van der Waals surface area (Å²) >= 11 is 1.48. The van der Waals surface area contributed by atoms with Crippen LogP contribution in [0.3, 0.4) is 0 Å². The summed E-state index contributed by atoms with van der Waals surface area (Å²) in [5, 5.41) is 0. The van der Waals surface area contributed by atoms with Crippen LogP contribution in [0.2, 0.25) is 0 Å². The number of aromatic amines is 3. The largest absolute Gasteiger partial charge is 0.424 e. The summed E-state index contributed by atoms with van der Waals surface area (Å²) in [6.45, 7) is 0. The van der Waals surface area contributed by atoms with Crippen LogP contribution in [-0.2, 0) is 0 Å². The number of para-hydroxylation sites is 2. The highest BCUT2D eigenvalue weighted by Gasteiger charge is 2.32. The number of halogens is 10. The van der Waals surface area contributed by atoms with E-state index >= 15 is 17.6 Å². The summed E-state index contributed by atoms with van der Waals surface area (Å²) in [6.07, 6.45) is 1.79. The van der Waals surface area contributed by atoms with Crippen LogP contribution in [0.4, 0.5) is 60.1 Å². The predicted octanol–water partition coefficient (Wildman–Crippen LogP) is 14.9. The third-order valence-electron chi connectivity index (χ3n) is 11.5. The second-order valence-electron chi connectivity index (χ2n) is 15.4. The third kappa shape index (κ3) is 6.61. The fourth-order valence-corrected chi connectivity index (χ4v) is 9.43. The fourth-order valence-electron chi connectivity index (χ4n) is 8.37. The zero-order valence-electron chi connectivity index (χ0n) is 33.9. The highest BCUT2D eigenvalue weighted by Crippen LogP contribution is 2.48. The number of aromatic nitrogens is 4. The van der Waals surface area contributed by atoms with Crippen molar-refractivity contribution >= 4 is 74.5 Å². The minimum Gasteiger partial charge on any atom is -0.410 e. The van der Waals surface area contributed by atoms with Gasteiger partial charge in [-0.15, -0.1) is 0 Å². The monoisotopic (exact) mass is 947 g/mol. The third-order valence-corrected chi connectivity index (χ3v) is 12.6. The molecule has 1 amide bonds. The van der Waals surface area contributed by atoms with Crippen LogP contribution < -0.4 is 9.64 Å². The second kappa shape index (κ2) is 16.0. The molecule has 3 N–H and O–H groups in total. The molecule has 18 heteroatoms. The standard InChI is InChI=1S/C50H23F10N5O2S/c51-40-38(41(52)45(56)48(59)44(40)55)36-27-15-13-23(61-27)24-14-16-28(62-24)37(39-42(53)46(57)49(60)47(58)43(39)54)30-20-18-26(64-30)35(25-17-19-29(36)63-25)21-9-11-22(12-10-21)67-50(66)65-31-5-1-3-7-33(31)68-34-8-4-2-6-32(34)65/h1-20,61,63-64H. The van der Waals surface area contributed by atoms with Crippen molar-refractivity contribution in [2.75, 3.05) is 4.90 Å². The number of carbonyl (C=O) groups excluding carboxylic acids is 1. The van der Waals surface area contributed by atoms with Gasteiger partial charge in [0.2, 0.25) is 11.6 Å². The Hall–Kier alpha value is -8.25. The Morgan fingerprint density at radius 2 is 0.824 bits per heavy atom. The predicted molar refractivity (Wildman–Crippen MR) is 236 cm³/mol. The molecule has 4 aromatic heterocycles. The van der Waals surface area contributed by atoms with Gasteiger partial charge in [0.05, 0.1) is 39.4 Å². The Morgan fingerprint density at radius 1 is 0.426 bits per heavy atom. The van der Waals surface area contributed by atoms with E-state index in [9.17, 15) is 31.1 Å². The van der Waals surface area contributed by atoms with Gasteiger partial charge in [-0.25, -0.2) is 58.6 Å². The first kappa shape index (κ1) is 42.4. The molecule has 0 radical (unpaired) electrons. The van der Waals surface area contributed by atoms with Crippen molar-refractivity contribution in [3.8, 4) is 39.1 Å². The van der Waals surface area contributed by atoms with Gasteiger partial charge in [0.1, 0.15) is 5.75 Å². The smallest absolute Gasteiger partial charge is 0.410 e. The number of anilines is 2. The molecule has 0 spiro atoms. The molecular formula is C50H23F10N5O2S. The van der Waals surface area contributed by atoms with Gasteiger partial charge in [-0.1, -0.05) is 48.2 Å². The van der Waals surface area contributed by atoms with Crippen molar-refractivity contribution in [3.63, 3.8) is 0 Å². The van der Waals surface area contributed by atoms with E-state index in [-0.39, 0.29) is 55.8 Å². The Morgan fingerprint density at radius 3 is 1.34 bits per heavy atom. The summed E-state index contributed by atoms with van der Waals surface area (Å²) in [5.74, 6) is -22.1. The second-order valence-corrected chi connectivity index (χ2v) is 16.4. The summed E-state index contributed by atoms with van der Waals surface area (Å²) in [7, 11) is 0. The molecule has 9 aromatic rings. The van der Waals surface area contributed by atoms with Crippen molar-refractivity contribution in [2.45, 2.75) is 9.79 Å². The van der Waals surface area contributed by atoms with Crippen molar-refractivity contribution < 1.29 is 53.4 Å². The average Bonchev–Trinajstić information content (AvgIpc) is 4.21. The molecule has 7 nitrogen and oxygen atoms in total. The van der Waals surface area contributed by atoms with Gasteiger partial charge in [0, 0.05) is 54.1 Å². The molecule has 336 valence electrons. The lowest BCUT2D eigenvalue weighted by Gasteiger charge is -2.30. The fraction of sp³-hybridized carbons (Fsp3) is 0. The van der Waals surface area contributed by atoms with Crippen LogP contribution in [-0.4, -0.2) is 26.0 Å². The molecule has 0 atom stereocenters. The lowest BCUT2D eigenvalue weighted by atomic mass is 10.0. The molecule has 2 aliphatic heterocycles. The molecule has 5 aromatic carbocycles. The number of rotatable bonds is 4. The van der Waals surface area contributed by atoms with Crippen molar-refractivity contribution in [1.82, 2.24) is 19.9 Å². The molecule has 0 saturated heterocycles. The minimum atomic E-state index is -2.39. The van der Waals surface area contributed by atoms with Crippen LogP contribution in [0.15, 0.2) is 119 Å². The van der Waals surface area contributed by atoms with Crippen LogP contribution in [0.25, 0.3) is 78.6 Å². The number of H-pyrrole nitrogens is 3. The van der Waals surface area contributed by atoms with E-state index in [1.54, 1.807) is 24.3 Å². The topological polar surface area (TPSA) is 89.8 Å². The van der Waals surface area contributed by atoms with Crippen LogP contribution in [0.5, 0.6) is 5.75 Å². The molecule has 68 heavy (non-hydrogen) atoms. The molecule has 0 aliphatic carbocycles. The van der Waals surface area contributed by atoms with Crippen LogP contribution in [0.1, 0.15) is 11.4 Å². The number of hydrogen-bond donors (Lipinski definition) is 3. The molecule has 2 aliphatic rings. The first-order valence-electron chi connectivity index (χ1n) is 20.1. The molecule has 0 unspecified atom stereocenters. The molecule has 6 heterocycles. The maximum Gasteiger partial charge on any atom is 0.424 e. The lowest BCUT2D eigenvalue weighted by molar-refractivity contribution is 0.210. The summed E-state index contributed by atoms with van der Waals surface area (Å²) in [4.78, 5) is 30.3. The Balaban J connectivity index is 1.16. The van der Waals surface area contributed by atoms with Crippen LogP contribution >= 0.6 is 11.8 Å². The van der Waals surface area contributed by atoms with Crippen molar-refractivity contribution in [3.05, 3.63) is 179 Å². The number of nitrogens with one attached hydrogen (secondary N) is 3. The molecule has 0 fully saturated rings. The quantitative estimate of drug-likeness (QED) is 0.0931. The number of carbonyl (C=O) groups is 1. The number of fused-ring (bicyclic) bond motifs is 11. The van der Waals surface area contributed by atoms with Gasteiger partial charge >= 0.3 is 6.09 Å². The van der Waals surface area contributed by atoms with Crippen molar-refractivity contribution in [2.24, 2.45) is 0 Å². The van der Waals surface area contributed by atoms with Crippen LogP contribution in [0, 0.1) is 58.2 Å². The van der Waals surface area contributed by atoms with E-state index in [4.69, 9.17) is 4.74 Å². The van der Waals surface area contributed by atoms with Gasteiger partial charge in [-0.3, -0.25) is 0 Å². The summed E-state index contributed by atoms with van der Waals surface area (Å²) in [6, 6.07) is 28.5. The normalized spacial score (nSPS) is 12.5. The van der Waals surface area contributed by atoms with E-state index in [2.05, 4.69) is 19.9 Å². The Kier molecular flexibility index (Phi) is 9.96. The number of nitrogens with zero attached hydrogens (tertiary/aromatic N) is 2. The molecule has 0 saturated carbocycles. The number of hydrogen-bond acceptors (Lipinski definition) is 4. The van der Waals surface area contributed by atoms with Gasteiger partial charge in [0.25, 0.3) is 0 Å². The SMILES string of the molecule is O=C(Oc1ccc(-c2c3ccc([nH]3)c(-c3c(F)c(F)c(F)c(F)c3F)c3nc(c4ccc([nH]4)c(-c4c(F)c(F)c(F)c(F)c4F)c4ccc2[nH]4)C=C3)cc1)N1c2ccccc2Sc2ccccc21. The maximum atomic E-state index is 15.8. The number of benzene rings is 5. The summed E-state index contributed by atoms with van der Waals surface area (Å²) in [5.41, 5.74) is -2.57. The Labute approximate surface area is 379 Å². The lowest BCUT2D eigenvalue weighted by Crippen LogP contribution is -2.31. The number of amides is 1. The average molecular weight is 948 g/mol. The number of ether oxygens (including phenoxy) is 1. The summed E-state index contributed by atoms with van der Waals surface area (Å²) < 4.78 is 157. The van der Waals surface area contributed by atoms with Gasteiger partial charge in [-0.2, -0.15) is 0 Å². The van der Waals surface area contributed by atoms with Crippen molar-refractivity contribution in [1.29, 1.82) is 0 Å². The zero-order chi connectivity index (χ0) is 47.3. The van der Waals surface area contributed by atoms with E-state index < -0.39 is 86.5 Å². The van der Waals surface area contributed by atoms with E-state index in [0.717, 1.165) is 9.79 Å². The van der Waals surface area contributed by atoms with Gasteiger partial charge in [-0.05, 0) is 90.5 Å². The van der Waals surface area contributed by atoms with E-state index in [1.807, 2.05) is 24.3 Å². The molecular weight excluding hydrogens is 925 g/mol. The molecule has 8 bridgehead atoms. The first-order chi connectivity index (χ1) is 32.8. The minimum absolute atomic E-state index is 0.0150. The zero-order valence-corrected chi connectivity index (χ0v) is 34.8. The van der Waals surface area contributed by atoms with E-state index in [0.29, 0.717) is 16.9 Å². The highest BCUT2D eigenvalue weighted by molar-refractivity contribution is 7.99. The maximum absolute atomic E-state index is 15.8. The highest BCUT2D eigenvalue weighted by atomic mass is 32.2. The molecule has 11 rings (SSSR count). The Bertz CT molecular complexity index is 3700. The van der Waals surface area contributed by atoms with Gasteiger partial charge < -0.3 is 19.7 Å². The van der Waals surface area contributed by atoms with Gasteiger partial charge in [0.15, 0.2) is 46.5 Å².